The minimum absolute atomic E-state index is 0.220. The molecule has 0 bridgehead atoms. The van der Waals surface area contributed by atoms with Gasteiger partial charge in [0.2, 0.25) is 0 Å². The number of nitrogens with one attached hydrogen (secondary N) is 2. The van der Waals surface area contributed by atoms with E-state index < -0.39 is 0 Å². The number of aromatic nitrogens is 1. The number of hydrogen-bond acceptors (Lipinski definition) is 4. The highest BCUT2D eigenvalue weighted by molar-refractivity contribution is 8.00. The first-order chi connectivity index (χ1) is 15.0. The Balaban J connectivity index is 1.52. The Labute approximate surface area is 186 Å². The topological polar surface area (TPSA) is 49.2 Å². The van der Waals surface area contributed by atoms with Gasteiger partial charge in [0.1, 0.15) is 5.75 Å². The second kappa shape index (κ2) is 8.95. The molecule has 3 aromatic rings. The van der Waals surface area contributed by atoms with Crippen molar-refractivity contribution >= 4 is 34.7 Å². The molecule has 0 amide bonds. The molecule has 1 heterocycles. The molecular weight excluding hydrogens is 402 g/mol. The fraction of sp³-hybridized carbons (Fsp3) is 0.0769. The highest BCUT2D eigenvalue weighted by Gasteiger charge is 2.11. The molecule has 0 atom stereocenters. The van der Waals surface area contributed by atoms with Crippen molar-refractivity contribution in [2.45, 2.75) is 18.7 Å². The highest BCUT2D eigenvalue weighted by atomic mass is 32.2. The molecule has 0 fully saturated rings. The van der Waals surface area contributed by atoms with Gasteiger partial charge in [0.25, 0.3) is 0 Å². The summed E-state index contributed by atoms with van der Waals surface area (Å²) in [5.74, 6) is 0.220. The Bertz CT molecular complexity index is 1270. The van der Waals surface area contributed by atoms with Crippen LogP contribution in [0.1, 0.15) is 16.8 Å². The van der Waals surface area contributed by atoms with Crippen molar-refractivity contribution in [3.63, 3.8) is 0 Å². The minimum atomic E-state index is 0.220. The van der Waals surface area contributed by atoms with E-state index >= 15 is 0 Å². The van der Waals surface area contributed by atoms with Gasteiger partial charge in [-0.25, -0.2) is 0 Å². The maximum absolute atomic E-state index is 10.3. The molecule has 1 aliphatic rings. The second-order valence-corrected chi connectivity index (χ2v) is 8.05. The first-order valence-corrected chi connectivity index (χ1v) is 10.7. The molecule has 1 aliphatic carbocycles. The van der Waals surface area contributed by atoms with Crippen molar-refractivity contribution in [1.29, 1.82) is 0 Å². The van der Waals surface area contributed by atoms with Crippen LogP contribution in [0, 0.1) is 13.8 Å². The van der Waals surface area contributed by atoms with Crippen LogP contribution in [0.15, 0.2) is 95.9 Å². The Morgan fingerprint density at radius 2 is 1.90 bits per heavy atom. The third-order valence-corrected chi connectivity index (χ3v) is 5.80. The predicted octanol–water partition coefficient (Wildman–Crippen LogP) is 6.73. The van der Waals surface area contributed by atoms with Gasteiger partial charge in [-0.05, 0) is 85.1 Å². The normalized spacial score (nSPS) is 12.0. The van der Waals surface area contributed by atoms with Gasteiger partial charge in [-0.3, -0.25) is 0 Å². The summed E-state index contributed by atoms with van der Waals surface area (Å²) in [7, 11) is 0. The number of hydrogen-bond donors (Lipinski definition) is 3. The number of aromatic hydroxyl groups is 1. The lowest BCUT2D eigenvalue weighted by Gasteiger charge is -2.15. The number of rotatable bonds is 7. The number of nitrogens with zero attached hydrogens (tertiary/aromatic N) is 1. The molecule has 0 unspecified atom stereocenters. The van der Waals surface area contributed by atoms with Gasteiger partial charge < -0.3 is 19.7 Å². The summed E-state index contributed by atoms with van der Waals surface area (Å²) in [6.07, 6.45) is 7.69. The summed E-state index contributed by atoms with van der Waals surface area (Å²) in [5, 5.41) is 13.7. The molecule has 31 heavy (non-hydrogen) atoms. The molecule has 0 saturated heterocycles. The molecule has 0 saturated carbocycles. The number of phenolic OH excluding ortho intramolecular Hbond substituents is 1. The fourth-order valence-electron chi connectivity index (χ4n) is 3.32. The van der Waals surface area contributed by atoms with Crippen LogP contribution in [0.4, 0.5) is 11.4 Å². The number of para-hydroxylation sites is 1. The summed E-state index contributed by atoms with van der Waals surface area (Å²) in [6.45, 7) is 8.33. The Morgan fingerprint density at radius 3 is 2.65 bits per heavy atom. The molecule has 4 rings (SSSR count). The van der Waals surface area contributed by atoms with Crippen LogP contribution in [0.25, 0.3) is 11.4 Å². The van der Waals surface area contributed by atoms with Crippen molar-refractivity contribution in [2.75, 3.05) is 10.0 Å². The maximum atomic E-state index is 10.3. The quantitative estimate of drug-likeness (QED) is 0.223. The second-order valence-electron chi connectivity index (χ2n) is 7.20. The molecule has 0 radical (unpaired) electrons. The first-order valence-electron chi connectivity index (χ1n) is 9.87. The van der Waals surface area contributed by atoms with Crippen LogP contribution in [0.2, 0.25) is 0 Å². The lowest BCUT2D eigenvalue weighted by atomic mass is 10.1. The average molecular weight is 426 g/mol. The molecular formula is C26H23N3OS. The van der Waals surface area contributed by atoms with Gasteiger partial charge in [0, 0.05) is 11.9 Å². The van der Waals surface area contributed by atoms with E-state index in [0.717, 1.165) is 44.5 Å². The Morgan fingerprint density at radius 1 is 1.10 bits per heavy atom. The SMILES string of the molecule is C=C(Nc1ccc(O)c(SNc2c(C)cccc2C)c1)c1cccn1C1=C=C=CC=C1. The van der Waals surface area contributed by atoms with E-state index in [9.17, 15) is 5.11 Å². The summed E-state index contributed by atoms with van der Waals surface area (Å²) in [4.78, 5) is 0.724. The molecule has 0 spiro atoms. The zero-order chi connectivity index (χ0) is 21.8. The maximum Gasteiger partial charge on any atom is 0.131 e. The third kappa shape index (κ3) is 4.55. The Kier molecular flexibility index (Phi) is 5.92. The zero-order valence-electron chi connectivity index (χ0n) is 17.4. The number of aryl methyl sites for hydroxylation is 2. The molecule has 1 aromatic heterocycles. The zero-order valence-corrected chi connectivity index (χ0v) is 18.3. The lowest BCUT2D eigenvalue weighted by molar-refractivity contribution is 0.462. The lowest BCUT2D eigenvalue weighted by Crippen LogP contribution is -2.04. The fourth-order valence-corrected chi connectivity index (χ4v) is 4.21. The predicted molar refractivity (Wildman–Crippen MR) is 131 cm³/mol. The van der Waals surface area contributed by atoms with E-state index in [2.05, 4.69) is 54.1 Å². The van der Waals surface area contributed by atoms with Crippen LogP contribution >= 0.6 is 11.9 Å². The van der Waals surface area contributed by atoms with Crippen molar-refractivity contribution in [3.05, 3.63) is 108 Å². The summed E-state index contributed by atoms with van der Waals surface area (Å²) in [5.41, 5.74) is 12.9. The third-order valence-electron chi connectivity index (χ3n) is 4.95. The van der Waals surface area contributed by atoms with Gasteiger partial charge in [-0.15, -0.1) is 0 Å². The number of phenols is 1. The molecule has 2 aromatic carbocycles. The van der Waals surface area contributed by atoms with Gasteiger partial charge in [0.05, 0.1) is 27.7 Å². The van der Waals surface area contributed by atoms with Gasteiger partial charge >= 0.3 is 0 Å². The van der Waals surface area contributed by atoms with Crippen molar-refractivity contribution < 1.29 is 5.11 Å². The molecule has 4 nitrogen and oxygen atoms in total. The van der Waals surface area contributed by atoms with Crippen LogP contribution in [-0.4, -0.2) is 9.67 Å². The Hall–Kier alpha value is -3.75. The molecule has 3 N–H and O–H groups in total. The highest BCUT2D eigenvalue weighted by Crippen LogP contribution is 2.34. The van der Waals surface area contributed by atoms with Gasteiger partial charge in [0.15, 0.2) is 0 Å². The van der Waals surface area contributed by atoms with Gasteiger partial charge in [-0.2, -0.15) is 0 Å². The summed E-state index contributed by atoms with van der Waals surface area (Å²) >= 11 is 1.38. The van der Waals surface area contributed by atoms with Crippen LogP contribution in [0.3, 0.4) is 0 Å². The number of anilines is 2. The van der Waals surface area contributed by atoms with Gasteiger partial charge in [-0.1, -0.05) is 36.6 Å². The molecule has 154 valence electrons. The number of allylic oxidation sites excluding steroid dienone is 4. The van der Waals surface area contributed by atoms with Crippen LogP contribution in [-0.2, 0) is 0 Å². The summed E-state index contributed by atoms with van der Waals surface area (Å²) in [6, 6.07) is 15.5. The van der Waals surface area contributed by atoms with Crippen molar-refractivity contribution in [3.8, 4) is 5.75 Å². The van der Waals surface area contributed by atoms with Crippen molar-refractivity contribution in [1.82, 2.24) is 4.57 Å². The summed E-state index contributed by atoms with van der Waals surface area (Å²) < 4.78 is 5.38. The first kappa shape index (κ1) is 20.5. The van der Waals surface area contributed by atoms with Crippen LogP contribution < -0.4 is 10.0 Å². The molecule has 0 aliphatic heterocycles. The van der Waals surface area contributed by atoms with E-state index in [1.54, 1.807) is 6.07 Å². The van der Waals surface area contributed by atoms with Crippen molar-refractivity contribution in [2.24, 2.45) is 0 Å². The van der Waals surface area contributed by atoms with E-state index in [1.807, 2.05) is 59.3 Å². The standard InChI is InChI=1S/C26H23N3OS/c1-18-9-7-10-19(2)26(18)28-31-25-17-21(14-15-24(25)30)27-20(3)23-13-8-16-29(23)22-11-5-4-6-12-22/h4-5,7-11,13-17,27-28,30H,3H2,1-2H3. The minimum Gasteiger partial charge on any atom is -0.507 e. The average Bonchev–Trinajstić information content (AvgIpc) is 3.26. The van der Waals surface area contributed by atoms with E-state index in [-0.39, 0.29) is 5.75 Å². The monoisotopic (exact) mass is 425 g/mol. The largest absolute Gasteiger partial charge is 0.507 e. The molecule has 5 heteroatoms. The van der Waals surface area contributed by atoms with E-state index in [1.165, 1.54) is 11.9 Å². The van der Waals surface area contributed by atoms with E-state index in [0.29, 0.717) is 0 Å². The smallest absolute Gasteiger partial charge is 0.131 e. The number of benzene rings is 2. The van der Waals surface area contributed by atoms with Crippen LogP contribution in [0.5, 0.6) is 5.75 Å². The van der Waals surface area contributed by atoms with E-state index in [4.69, 9.17) is 0 Å².